The maximum Gasteiger partial charge on any atom is 0.259 e. The molecule has 1 saturated heterocycles. The number of hydrogen-bond donors (Lipinski definition) is 1. The fourth-order valence-corrected chi connectivity index (χ4v) is 3.50. The predicted octanol–water partition coefficient (Wildman–Crippen LogP) is 1.95. The molecular weight excluding hydrogens is 326 g/mol. The average molecular weight is 347 g/mol. The van der Waals surface area contributed by atoms with Gasteiger partial charge in [-0.05, 0) is 26.7 Å². The number of anilines is 1. The second-order valence-electron chi connectivity index (χ2n) is 5.92. The predicted molar refractivity (Wildman–Crippen MR) is 91.7 cm³/mol. The van der Waals surface area contributed by atoms with Crippen LogP contribution in [0.25, 0.3) is 0 Å². The third kappa shape index (κ3) is 3.88. The molecule has 2 N–H and O–H groups in total. The van der Waals surface area contributed by atoms with Gasteiger partial charge in [0, 0.05) is 30.4 Å². The molecule has 0 aliphatic carbocycles. The Kier molecular flexibility index (Phi) is 5.06. The first-order chi connectivity index (χ1) is 11.5. The Balaban J connectivity index is 1.82. The van der Waals surface area contributed by atoms with Crippen molar-refractivity contribution in [2.75, 3.05) is 18.9 Å². The summed E-state index contributed by atoms with van der Waals surface area (Å²) in [4.78, 5) is 27.4. The highest BCUT2D eigenvalue weighted by molar-refractivity contribution is 7.09. The first kappa shape index (κ1) is 16.8. The van der Waals surface area contributed by atoms with Gasteiger partial charge in [-0.3, -0.25) is 4.79 Å². The number of nitrogens with two attached hydrogens (primary N) is 1. The van der Waals surface area contributed by atoms with E-state index in [2.05, 4.69) is 15.0 Å². The molecule has 7 nitrogen and oxygen atoms in total. The van der Waals surface area contributed by atoms with Crippen LogP contribution in [0.1, 0.15) is 39.7 Å². The van der Waals surface area contributed by atoms with Crippen LogP contribution in [0.3, 0.4) is 0 Å². The molecule has 1 unspecified atom stereocenters. The number of aromatic nitrogens is 3. The quantitative estimate of drug-likeness (QED) is 0.888. The number of thiazole rings is 1. The molecule has 8 heteroatoms. The smallest absolute Gasteiger partial charge is 0.259 e. The normalized spacial score (nSPS) is 17.2. The summed E-state index contributed by atoms with van der Waals surface area (Å²) in [6.45, 7) is 5.39. The number of rotatable bonds is 5. The van der Waals surface area contributed by atoms with E-state index in [0.29, 0.717) is 24.5 Å². The number of hydrogen-bond acceptors (Lipinski definition) is 7. The lowest BCUT2D eigenvalue weighted by Crippen LogP contribution is -2.37. The van der Waals surface area contributed by atoms with Gasteiger partial charge in [-0.2, -0.15) is 0 Å². The van der Waals surface area contributed by atoms with Crippen LogP contribution in [0, 0.1) is 13.8 Å². The van der Waals surface area contributed by atoms with E-state index < -0.39 is 0 Å². The molecule has 24 heavy (non-hydrogen) atoms. The number of amides is 1. The van der Waals surface area contributed by atoms with Crippen molar-refractivity contribution in [3.63, 3.8) is 0 Å². The molecule has 0 radical (unpaired) electrons. The summed E-state index contributed by atoms with van der Waals surface area (Å²) in [7, 11) is 0. The van der Waals surface area contributed by atoms with E-state index >= 15 is 0 Å². The van der Waals surface area contributed by atoms with Crippen LogP contribution in [0.2, 0.25) is 0 Å². The zero-order valence-electron chi connectivity index (χ0n) is 13.9. The second-order valence-corrected chi connectivity index (χ2v) is 6.86. The van der Waals surface area contributed by atoms with E-state index in [4.69, 9.17) is 10.5 Å². The van der Waals surface area contributed by atoms with E-state index in [1.165, 1.54) is 6.20 Å². The van der Waals surface area contributed by atoms with Gasteiger partial charge in [-0.1, -0.05) is 0 Å². The third-order valence-electron chi connectivity index (χ3n) is 3.90. The zero-order valence-corrected chi connectivity index (χ0v) is 14.7. The molecule has 1 aliphatic heterocycles. The lowest BCUT2D eigenvalue weighted by molar-refractivity contribution is 0.0507. The monoisotopic (exact) mass is 347 g/mol. The number of ether oxygens (including phenoxy) is 1. The van der Waals surface area contributed by atoms with Gasteiger partial charge >= 0.3 is 0 Å². The van der Waals surface area contributed by atoms with Gasteiger partial charge in [0.15, 0.2) is 0 Å². The molecule has 0 bridgehead atoms. The Hall–Kier alpha value is -2.06. The third-order valence-corrected chi connectivity index (χ3v) is 4.85. The molecular formula is C16H21N5O2S. The summed E-state index contributed by atoms with van der Waals surface area (Å²) in [6, 6.07) is 0. The SMILES string of the molecule is Cc1csc(CN(CC2CCCO2)C(=O)c2cnc(C)nc2N)n1. The van der Waals surface area contributed by atoms with Gasteiger partial charge in [0.05, 0.1) is 12.6 Å². The fraction of sp³-hybridized carbons (Fsp3) is 0.500. The van der Waals surface area contributed by atoms with Crippen molar-refractivity contribution in [2.45, 2.75) is 39.3 Å². The first-order valence-electron chi connectivity index (χ1n) is 7.94. The summed E-state index contributed by atoms with van der Waals surface area (Å²) >= 11 is 1.55. The van der Waals surface area contributed by atoms with Crippen LogP contribution in [0.15, 0.2) is 11.6 Å². The molecule has 128 valence electrons. The molecule has 0 spiro atoms. The lowest BCUT2D eigenvalue weighted by atomic mass is 10.2. The number of nitrogens with zero attached hydrogens (tertiary/aromatic N) is 4. The maximum atomic E-state index is 13.0. The Morgan fingerprint density at radius 1 is 1.46 bits per heavy atom. The largest absolute Gasteiger partial charge is 0.383 e. The van der Waals surface area contributed by atoms with Crippen LogP contribution >= 0.6 is 11.3 Å². The minimum atomic E-state index is -0.184. The summed E-state index contributed by atoms with van der Waals surface area (Å²) in [6.07, 6.45) is 3.54. The van der Waals surface area contributed by atoms with E-state index in [0.717, 1.165) is 30.2 Å². The van der Waals surface area contributed by atoms with Crippen molar-refractivity contribution in [1.82, 2.24) is 19.9 Å². The topological polar surface area (TPSA) is 94.2 Å². The molecule has 3 heterocycles. The van der Waals surface area contributed by atoms with E-state index in [1.54, 1.807) is 23.2 Å². The highest BCUT2D eigenvalue weighted by Gasteiger charge is 2.26. The Labute approximate surface area is 144 Å². The van der Waals surface area contributed by atoms with Gasteiger partial charge < -0.3 is 15.4 Å². The van der Waals surface area contributed by atoms with Gasteiger partial charge in [0.25, 0.3) is 5.91 Å². The van der Waals surface area contributed by atoms with Crippen molar-refractivity contribution >= 4 is 23.1 Å². The number of nitrogen functional groups attached to an aromatic ring is 1. The summed E-state index contributed by atoms with van der Waals surface area (Å²) in [5.74, 6) is 0.571. The van der Waals surface area contributed by atoms with Gasteiger partial charge in [0.1, 0.15) is 22.2 Å². The van der Waals surface area contributed by atoms with Crippen LogP contribution in [0.5, 0.6) is 0 Å². The van der Waals surface area contributed by atoms with Crippen molar-refractivity contribution in [2.24, 2.45) is 0 Å². The summed E-state index contributed by atoms with van der Waals surface area (Å²) in [5.41, 5.74) is 7.20. The standard InChI is InChI=1S/C16H21N5O2S/c1-10-9-24-14(19-10)8-21(7-12-4-3-5-23-12)16(22)13-6-18-11(2)20-15(13)17/h6,9,12H,3-5,7-8H2,1-2H3,(H2,17,18,20). The van der Waals surface area contributed by atoms with Crippen molar-refractivity contribution in [3.8, 4) is 0 Å². The van der Waals surface area contributed by atoms with E-state index in [-0.39, 0.29) is 17.8 Å². The molecule has 3 rings (SSSR count). The number of aryl methyl sites for hydroxylation is 2. The molecule has 2 aromatic rings. The average Bonchev–Trinajstić information content (AvgIpc) is 3.18. The van der Waals surface area contributed by atoms with Crippen molar-refractivity contribution in [1.29, 1.82) is 0 Å². The van der Waals surface area contributed by atoms with Crippen molar-refractivity contribution < 1.29 is 9.53 Å². The lowest BCUT2D eigenvalue weighted by Gasteiger charge is -2.25. The molecule has 1 aliphatic rings. The van der Waals surface area contributed by atoms with Gasteiger partial charge in [-0.15, -0.1) is 11.3 Å². The fourth-order valence-electron chi connectivity index (χ4n) is 2.71. The zero-order chi connectivity index (χ0) is 17.1. The highest BCUT2D eigenvalue weighted by atomic mass is 32.1. The maximum absolute atomic E-state index is 13.0. The molecule has 2 aromatic heterocycles. The molecule has 0 aromatic carbocycles. The molecule has 1 fully saturated rings. The van der Waals surface area contributed by atoms with E-state index in [1.807, 2.05) is 12.3 Å². The van der Waals surface area contributed by atoms with Crippen LogP contribution in [-0.4, -0.2) is 45.0 Å². The van der Waals surface area contributed by atoms with E-state index in [9.17, 15) is 4.79 Å². The molecule has 1 amide bonds. The first-order valence-corrected chi connectivity index (χ1v) is 8.82. The minimum Gasteiger partial charge on any atom is -0.383 e. The number of carbonyl (C=O) groups is 1. The Morgan fingerprint density at radius 3 is 2.92 bits per heavy atom. The summed E-state index contributed by atoms with van der Waals surface area (Å²) < 4.78 is 5.69. The molecule has 0 saturated carbocycles. The van der Waals surface area contributed by atoms with Crippen molar-refractivity contribution in [3.05, 3.63) is 33.7 Å². The summed E-state index contributed by atoms with van der Waals surface area (Å²) in [5, 5.41) is 2.87. The van der Waals surface area contributed by atoms with Gasteiger partial charge in [0.2, 0.25) is 0 Å². The number of carbonyl (C=O) groups excluding carboxylic acids is 1. The Bertz CT molecular complexity index is 727. The second kappa shape index (κ2) is 7.23. The van der Waals surface area contributed by atoms with Crippen LogP contribution in [0.4, 0.5) is 5.82 Å². The minimum absolute atomic E-state index is 0.0580. The van der Waals surface area contributed by atoms with Crippen LogP contribution in [-0.2, 0) is 11.3 Å². The van der Waals surface area contributed by atoms with Gasteiger partial charge in [-0.25, -0.2) is 15.0 Å². The van der Waals surface area contributed by atoms with Crippen LogP contribution < -0.4 is 5.73 Å². The molecule has 1 atom stereocenters. The Morgan fingerprint density at radius 2 is 2.29 bits per heavy atom. The highest BCUT2D eigenvalue weighted by Crippen LogP contribution is 2.20.